The molecule has 1 fully saturated rings. The maximum Gasteiger partial charge on any atom is 0.277 e. The zero-order valence-electron chi connectivity index (χ0n) is 17.0. The molecular formula is C21H23N5O5S. The highest BCUT2D eigenvalue weighted by Crippen LogP contribution is 2.22. The van der Waals surface area contributed by atoms with Crippen LogP contribution in [-0.4, -0.2) is 60.3 Å². The molecule has 1 aliphatic heterocycles. The number of hydrogen-bond acceptors (Lipinski definition) is 8. The van der Waals surface area contributed by atoms with Gasteiger partial charge in [0.25, 0.3) is 5.91 Å². The Morgan fingerprint density at radius 3 is 2.53 bits per heavy atom. The van der Waals surface area contributed by atoms with Gasteiger partial charge in [-0.05, 0) is 29.3 Å². The number of nitrogens with one attached hydrogen (secondary N) is 2. The standard InChI is InChI=1S/C21H23N5O5S/c27-19-13-26(21-22-10-17(11-23-21)20(28)25-29)8-7-16(19)12-24-32(30,31)18-6-5-14-3-1-2-4-15(14)9-18/h1-6,9-11,16,19,24,27,29H,7-8,12-13H2,(H,25,28)/t16-,19-/m1/s1. The van der Waals surface area contributed by atoms with E-state index in [0.29, 0.717) is 18.9 Å². The van der Waals surface area contributed by atoms with Gasteiger partial charge in [0, 0.05) is 37.9 Å². The first kappa shape index (κ1) is 22.1. The van der Waals surface area contributed by atoms with Crippen molar-refractivity contribution in [2.45, 2.75) is 17.4 Å². The molecule has 2 aromatic carbocycles. The molecule has 0 bridgehead atoms. The van der Waals surface area contributed by atoms with E-state index >= 15 is 0 Å². The lowest BCUT2D eigenvalue weighted by atomic mass is 9.94. The fourth-order valence-corrected chi connectivity index (χ4v) is 4.83. The average Bonchev–Trinajstić information content (AvgIpc) is 2.82. The van der Waals surface area contributed by atoms with Crippen molar-refractivity contribution in [1.29, 1.82) is 0 Å². The molecule has 11 heteroatoms. The van der Waals surface area contributed by atoms with E-state index < -0.39 is 22.0 Å². The second-order valence-electron chi connectivity index (χ2n) is 7.64. The molecular weight excluding hydrogens is 434 g/mol. The van der Waals surface area contributed by atoms with E-state index in [1.54, 1.807) is 23.1 Å². The Labute approximate surface area is 184 Å². The van der Waals surface area contributed by atoms with Crippen molar-refractivity contribution < 1.29 is 23.5 Å². The Kier molecular flexibility index (Phi) is 6.33. The maximum absolute atomic E-state index is 12.7. The summed E-state index contributed by atoms with van der Waals surface area (Å²) in [6.07, 6.45) is 2.31. The highest BCUT2D eigenvalue weighted by atomic mass is 32.2. The number of anilines is 1. The minimum Gasteiger partial charge on any atom is -0.391 e. The van der Waals surface area contributed by atoms with Crippen LogP contribution in [-0.2, 0) is 10.0 Å². The number of aliphatic hydroxyl groups excluding tert-OH is 1. The van der Waals surface area contributed by atoms with Crippen molar-refractivity contribution in [1.82, 2.24) is 20.2 Å². The number of hydrogen-bond donors (Lipinski definition) is 4. The topological polar surface area (TPSA) is 145 Å². The first-order valence-electron chi connectivity index (χ1n) is 10.1. The number of aromatic nitrogens is 2. The third-order valence-corrected chi connectivity index (χ3v) is 6.99. The number of benzene rings is 2. The summed E-state index contributed by atoms with van der Waals surface area (Å²) in [6.45, 7) is 0.861. The molecule has 2 heterocycles. The molecule has 1 saturated heterocycles. The Morgan fingerprint density at radius 2 is 1.84 bits per heavy atom. The number of β-amino-alcohol motifs (C(OH)–C–C–N with tert-alkyl or cyclic N) is 1. The minimum atomic E-state index is -3.71. The number of carbonyl (C=O) groups excluding carboxylic acids is 1. The van der Waals surface area contributed by atoms with E-state index in [-0.39, 0.29) is 29.5 Å². The molecule has 0 spiro atoms. The highest BCUT2D eigenvalue weighted by Gasteiger charge is 2.30. The lowest BCUT2D eigenvalue weighted by Gasteiger charge is -2.35. The van der Waals surface area contributed by atoms with Crippen molar-refractivity contribution in [2.24, 2.45) is 5.92 Å². The van der Waals surface area contributed by atoms with Gasteiger partial charge in [0.15, 0.2) is 0 Å². The van der Waals surface area contributed by atoms with Gasteiger partial charge in [-0.3, -0.25) is 10.0 Å². The SMILES string of the molecule is O=C(NO)c1cnc(N2CC[C@H](CNS(=O)(=O)c3ccc4ccccc4c3)[C@H](O)C2)nc1. The predicted octanol–water partition coefficient (Wildman–Crippen LogP) is 0.914. The number of rotatable bonds is 6. The van der Waals surface area contributed by atoms with Crippen LogP contribution < -0.4 is 15.1 Å². The van der Waals surface area contributed by atoms with Gasteiger partial charge in [-0.2, -0.15) is 0 Å². The summed E-state index contributed by atoms with van der Waals surface area (Å²) in [7, 11) is -3.71. The van der Waals surface area contributed by atoms with Gasteiger partial charge < -0.3 is 10.0 Å². The van der Waals surface area contributed by atoms with Gasteiger partial charge in [0.2, 0.25) is 16.0 Å². The summed E-state index contributed by atoms with van der Waals surface area (Å²) < 4.78 is 28.1. The second-order valence-corrected chi connectivity index (χ2v) is 9.40. The van der Waals surface area contributed by atoms with Crippen molar-refractivity contribution in [3.63, 3.8) is 0 Å². The first-order valence-corrected chi connectivity index (χ1v) is 11.5. The summed E-state index contributed by atoms with van der Waals surface area (Å²) in [6, 6.07) is 12.5. The van der Waals surface area contributed by atoms with Crippen LogP contribution >= 0.6 is 0 Å². The van der Waals surface area contributed by atoms with Crippen LogP contribution in [0.25, 0.3) is 10.8 Å². The van der Waals surface area contributed by atoms with E-state index in [1.165, 1.54) is 17.9 Å². The minimum absolute atomic E-state index is 0.106. The van der Waals surface area contributed by atoms with Crippen LogP contribution in [0.2, 0.25) is 0 Å². The normalized spacial score (nSPS) is 19.1. The molecule has 1 aliphatic rings. The number of sulfonamides is 1. The second kappa shape index (κ2) is 9.17. The number of aliphatic hydroxyl groups is 1. The fourth-order valence-electron chi connectivity index (χ4n) is 3.70. The lowest BCUT2D eigenvalue weighted by molar-refractivity contribution is 0.0705. The molecule has 1 amide bonds. The molecule has 2 atom stereocenters. The predicted molar refractivity (Wildman–Crippen MR) is 117 cm³/mol. The Morgan fingerprint density at radius 1 is 1.12 bits per heavy atom. The molecule has 3 aromatic rings. The molecule has 0 radical (unpaired) electrons. The number of hydroxylamine groups is 1. The summed E-state index contributed by atoms with van der Waals surface area (Å²) >= 11 is 0. The summed E-state index contributed by atoms with van der Waals surface area (Å²) in [5, 5.41) is 21.0. The van der Waals surface area contributed by atoms with Crippen molar-refractivity contribution in [2.75, 3.05) is 24.5 Å². The van der Waals surface area contributed by atoms with Crippen LogP contribution in [0.3, 0.4) is 0 Å². The van der Waals surface area contributed by atoms with Crippen molar-refractivity contribution in [3.8, 4) is 0 Å². The van der Waals surface area contributed by atoms with Gasteiger partial charge in [-0.15, -0.1) is 0 Å². The Hall–Kier alpha value is -3.12. The van der Waals surface area contributed by atoms with Crippen LogP contribution in [0.4, 0.5) is 5.95 Å². The van der Waals surface area contributed by atoms with Crippen LogP contribution in [0.1, 0.15) is 16.8 Å². The van der Waals surface area contributed by atoms with Crippen molar-refractivity contribution >= 4 is 32.7 Å². The largest absolute Gasteiger partial charge is 0.391 e. The summed E-state index contributed by atoms with van der Waals surface area (Å²) in [4.78, 5) is 21.5. The number of nitrogens with zero attached hydrogens (tertiary/aromatic N) is 3. The zero-order chi connectivity index (χ0) is 22.7. The molecule has 4 rings (SSSR count). The van der Waals surface area contributed by atoms with Crippen molar-refractivity contribution in [3.05, 3.63) is 60.4 Å². The smallest absolute Gasteiger partial charge is 0.277 e. The molecule has 0 aliphatic carbocycles. The highest BCUT2D eigenvalue weighted by molar-refractivity contribution is 7.89. The third-order valence-electron chi connectivity index (χ3n) is 5.57. The molecule has 168 valence electrons. The maximum atomic E-state index is 12.7. The average molecular weight is 458 g/mol. The number of carbonyl (C=O) groups is 1. The third kappa shape index (κ3) is 4.70. The van der Waals surface area contributed by atoms with E-state index in [0.717, 1.165) is 10.8 Å². The number of piperidine rings is 1. The van der Waals surface area contributed by atoms with Gasteiger partial charge >= 0.3 is 0 Å². The first-order chi connectivity index (χ1) is 15.4. The van der Waals surface area contributed by atoms with E-state index in [2.05, 4.69) is 14.7 Å². The van der Waals surface area contributed by atoms with Crippen LogP contribution in [0, 0.1) is 5.92 Å². The molecule has 0 unspecified atom stereocenters. The van der Waals surface area contributed by atoms with Gasteiger partial charge in [-0.1, -0.05) is 30.3 Å². The summed E-state index contributed by atoms with van der Waals surface area (Å²) in [5.74, 6) is -0.636. The molecule has 1 aromatic heterocycles. The summed E-state index contributed by atoms with van der Waals surface area (Å²) in [5.41, 5.74) is 1.62. The fraction of sp³-hybridized carbons (Fsp3) is 0.286. The number of fused-ring (bicyclic) bond motifs is 1. The monoisotopic (exact) mass is 457 g/mol. The van der Waals surface area contributed by atoms with Gasteiger partial charge in [0.1, 0.15) is 0 Å². The quantitative estimate of drug-likeness (QED) is 0.316. The Balaban J connectivity index is 1.37. The van der Waals surface area contributed by atoms with Gasteiger partial charge in [-0.25, -0.2) is 28.6 Å². The molecule has 0 saturated carbocycles. The molecule has 10 nitrogen and oxygen atoms in total. The van der Waals surface area contributed by atoms with E-state index in [4.69, 9.17) is 5.21 Å². The molecule has 4 N–H and O–H groups in total. The van der Waals surface area contributed by atoms with Crippen LogP contribution in [0.5, 0.6) is 0 Å². The zero-order valence-corrected chi connectivity index (χ0v) is 17.9. The van der Waals surface area contributed by atoms with Gasteiger partial charge in [0.05, 0.1) is 16.6 Å². The van der Waals surface area contributed by atoms with E-state index in [9.17, 15) is 18.3 Å². The van der Waals surface area contributed by atoms with Crippen LogP contribution in [0.15, 0.2) is 59.8 Å². The number of amides is 1. The van der Waals surface area contributed by atoms with E-state index in [1.807, 2.05) is 24.3 Å². The lowest BCUT2D eigenvalue weighted by Crippen LogP contribution is -2.48. The molecule has 32 heavy (non-hydrogen) atoms. The Bertz CT molecular complexity index is 1220.